The number of aryl methyl sites for hydroxylation is 1. The minimum Gasteiger partial charge on any atom is -0.325 e. The SMILES string of the molecule is Cc1ccc(Cl)cc1NC(=O)CSc1nnc(C(C)C)n1C. The van der Waals surface area contributed by atoms with E-state index in [9.17, 15) is 4.79 Å². The minimum absolute atomic E-state index is 0.0931. The van der Waals surface area contributed by atoms with Crippen LogP contribution in [0.4, 0.5) is 5.69 Å². The number of nitrogens with one attached hydrogen (secondary N) is 1. The molecule has 7 heteroatoms. The Kier molecular flexibility index (Phi) is 5.47. The third-order valence-electron chi connectivity index (χ3n) is 3.19. The average molecular weight is 339 g/mol. The van der Waals surface area contributed by atoms with Gasteiger partial charge < -0.3 is 9.88 Å². The highest BCUT2D eigenvalue weighted by molar-refractivity contribution is 7.99. The minimum atomic E-state index is -0.0931. The average Bonchev–Trinajstić information content (AvgIpc) is 2.82. The molecular formula is C15H19ClN4OS. The van der Waals surface area contributed by atoms with Gasteiger partial charge in [-0.3, -0.25) is 4.79 Å². The zero-order chi connectivity index (χ0) is 16.3. The Labute approximate surface area is 139 Å². The molecule has 0 aliphatic heterocycles. The van der Waals surface area contributed by atoms with Gasteiger partial charge >= 0.3 is 0 Å². The van der Waals surface area contributed by atoms with Gasteiger partial charge in [-0.15, -0.1) is 10.2 Å². The first-order valence-corrected chi connectivity index (χ1v) is 8.33. The zero-order valence-electron chi connectivity index (χ0n) is 13.1. The van der Waals surface area contributed by atoms with Crippen molar-refractivity contribution in [2.45, 2.75) is 31.8 Å². The lowest BCUT2D eigenvalue weighted by Gasteiger charge is -2.09. The summed E-state index contributed by atoms with van der Waals surface area (Å²) in [7, 11) is 1.91. The van der Waals surface area contributed by atoms with Crippen LogP contribution in [-0.4, -0.2) is 26.4 Å². The van der Waals surface area contributed by atoms with Crippen molar-refractivity contribution in [2.24, 2.45) is 7.05 Å². The maximum atomic E-state index is 12.1. The number of carbonyl (C=O) groups is 1. The second kappa shape index (κ2) is 7.15. The Bertz CT molecular complexity index is 684. The molecule has 0 aliphatic carbocycles. The van der Waals surface area contributed by atoms with Crippen LogP contribution in [0.1, 0.15) is 31.2 Å². The van der Waals surface area contributed by atoms with Crippen molar-refractivity contribution < 1.29 is 4.79 Å². The smallest absolute Gasteiger partial charge is 0.234 e. The molecule has 0 unspecified atom stereocenters. The molecule has 22 heavy (non-hydrogen) atoms. The fourth-order valence-electron chi connectivity index (χ4n) is 2.00. The summed E-state index contributed by atoms with van der Waals surface area (Å²) in [6, 6.07) is 5.43. The molecule has 1 N–H and O–H groups in total. The molecule has 0 aliphatic rings. The standard InChI is InChI=1S/C15H19ClN4OS/c1-9(2)14-18-19-15(20(14)4)22-8-13(21)17-12-7-11(16)6-5-10(12)3/h5-7,9H,8H2,1-4H3,(H,17,21). The van der Waals surface area contributed by atoms with Crippen molar-refractivity contribution in [1.29, 1.82) is 0 Å². The Morgan fingerprint density at radius 3 is 2.77 bits per heavy atom. The number of benzene rings is 1. The fourth-order valence-corrected chi connectivity index (χ4v) is 2.89. The first kappa shape index (κ1) is 16.8. The van der Waals surface area contributed by atoms with Crippen LogP contribution < -0.4 is 5.32 Å². The second-order valence-electron chi connectivity index (χ2n) is 5.35. The molecule has 1 aromatic heterocycles. The van der Waals surface area contributed by atoms with Gasteiger partial charge in [-0.1, -0.05) is 43.3 Å². The first-order valence-electron chi connectivity index (χ1n) is 6.96. The molecule has 1 heterocycles. The number of anilines is 1. The monoisotopic (exact) mass is 338 g/mol. The molecule has 2 aromatic rings. The number of hydrogen-bond donors (Lipinski definition) is 1. The Morgan fingerprint density at radius 1 is 1.41 bits per heavy atom. The van der Waals surface area contributed by atoms with Crippen LogP contribution >= 0.6 is 23.4 Å². The van der Waals surface area contributed by atoms with E-state index in [0.29, 0.717) is 10.9 Å². The molecule has 5 nitrogen and oxygen atoms in total. The highest BCUT2D eigenvalue weighted by atomic mass is 35.5. The van der Waals surface area contributed by atoms with Crippen LogP contribution in [0.3, 0.4) is 0 Å². The lowest BCUT2D eigenvalue weighted by Crippen LogP contribution is -2.15. The van der Waals surface area contributed by atoms with E-state index in [4.69, 9.17) is 11.6 Å². The Morgan fingerprint density at radius 2 is 2.14 bits per heavy atom. The highest BCUT2D eigenvalue weighted by Gasteiger charge is 2.14. The first-order chi connectivity index (χ1) is 10.4. The van der Waals surface area contributed by atoms with Gasteiger partial charge in [0.05, 0.1) is 5.75 Å². The molecule has 1 aromatic carbocycles. The molecule has 0 radical (unpaired) electrons. The van der Waals surface area contributed by atoms with Gasteiger partial charge in [0.15, 0.2) is 5.16 Å². The number of halogens is 1. The van der Waals surface area contributed by atoms with E-state index < -0.39 is 0 Å². The summed E-state index contributed by atoms with van der Waals surface area (Å²) < 4.78 is 1.92. The van der Waals surface area contributed by atoms with E-state index in [1.165, 1.54) is 11.8 Å². The predicted molar refractivity (Wildman–Crippen MR) is 90.6 cm³/mol. The summed E-state index contributed by atoms with van der Waals surface area (Å²) in [5.41, 5.74) is 1.71. The number of rotatable bonds is 5. The van der Waals surface area contributed by atoms with E-state index in [-0.39, 0.29) is 11.7 Å². The summed E-state index contributed by atoms with van der Waals surface area (Å²) >= 11 is 7.32. The van der Waals surface area contributed by atoms with Gasteiger partial charge in [0.1, 0.15) is 5.82 Å². The second-order valence-corrected chi connectivity index (χ2v) is 6.73. The third-order valence-corrected chi connectivity index (χ3v) is 4.45. The maximum absolute atomic E-state index is 12.1. The van der Waals surface area contributed by atoms with E-state index in [2.05, 4.69) is 29.4 Å². The molecule has 2 rings (SSSR count). The summed E-state index contributed by atoms with van der Waals surface area (Å²) in [5, 5.41) is 12.5. The molecule has 118 valence electrons. The zero-order valence-corrected chi connectivity index (χ0v) is 14.6. The number of nitrogens with zero attached hydrogens (tertiary/aromatic N) is 3. The van der Waals surface area contributed by atoms with Crippen LogP contribution in [0.2, 0.25) is 5.02 Å². The van der Waals surface area contributed by atoms with Gasteiger partial charge in [-0.05, 0) is 24.6 Å². The van der Waals surface area contributed by atoms with Crippen molar-refractivity contribution in [2.75, 3.05) is 11.1 Å². The van der Waals surface area contributed by atoms with Gasteiger partial charge in [0, 0.05) is 23.7 Å². The molecule has 0 bridgehead atoms. The van der Waals surface area contributed by atoms with Gasteiger partial charge in [0.2, 0.25) is 5.91 Å². The van der Waals surface area contributed by atoms with E-state index >= 15 is 0 Å². The number of carbonyl (C=O) groups excluding carboxylic acids is 1. The molecular weight excluding hydrogens is 320 g/mol. The van der Waals surface area contributed by atoms with E-state index in [1.807, 2.05) is 24.6 Å². The third kappa shape index (κ3) is 4.01. The van der Waals surface area contributed by atoms with Gasteiger partial charge in [-0.2, -0.15) is 0 Å². The van der Waals surface area contributed by atoms with E-state index in [0.717, 1.165) is 22.2 Å². The predicted octanol–water partition coefficient (Wildman–Crippen LogP) is 3.63. The lowest BCUT2D eigenvalue weighted by molar-refractivity contribution is -0.113. The van der Waals surface area contributed by atoms with Crippen molar-refractivity contribution in [3.05, 3.63) is 34.6 Å². The number of amides is 1. The topological polar surface area (TPSA) is 59.8 Å². The van der Waals surface area contributed by atoms with Crippen LogP contribution in [0.25, 0.3) is 0 Å². The van der Waals surface area contributed by atoms with E-state index in [1.54, 1.807) is 12.1 Å². The normalized spacial score (nSPS) is 11.0. The summed E-state index contributed by atoms with van der Waals surface area (Å²) in [6.07, 6.45) is 0. The Hall–Kier alpha value is -1.53. The van der Waals surface area contributed by atoms with Crippen LogP contribution in [0.5, 0.6) is 0 Å². The van der Waals surface area contributed by atoms with Gasteiger partial charge in [0.25, 0.3) is 0 Å². The maximum Gasteiger partial charge on any atom is 0.234 e. The summed E-state index contributed by atoms with van der Waals surface area (Å²) in [4.78, 5) is 12.1. The lowest BCUT2D eigenvalue weighted by atomic mass is 10.2. The molecule has 0 spiro atoms. The fraction of sp³-hybridized carbons (Fsp3) is 0.400. The van der Waals surface area contributed by atoms with Crippen LogP contribution in [-0.2, 0) is 11.8 Å². The van der Waals surface area contributed by atoms with Crippen molar-refractivity contribution in [1.82, 2.24) is 14.8 Å². The Balaban J connectivity index is 1.97. The molecule has 0 fully saturated rings. The van der Waals surface area contributed by atoms with Crippen molar-refractivity contribution in [3.63, 3.8) is 0 Å². The van der Waals surface area contributed by atoms with Crippen LogP contribution in [0, 0.1) is 6.92 Å². The quantitative estimate of drug-likeness (QED) is 0.846. The van der Waals surface area contributed by atoms with Crippen molar-refractivity contribution in [3.8, 4) is 0 Å². The number of aromatic nitrogens is 3. The number of hydrogen-bond acceptors (Lipinski definition) is 4. The van der Waals surface area contributed by atoms with Crippen LogP contribution in [0.15, 0.2) is 23.4 Å². The molecule has 0 saturated carbocycles. The highest BCUT2D eigenvalue weighted by Crippen LogP contribution is 2.22. The van der Waals surface area contributed by atoms with Crippen molar-refractivity contribution >= 4 is 35.0 Å². The number of thioether (sulfide) groups is 1. The largest absolute Gasteiger partial charge is 0.325 e. The van der Waals surface area contributed by atoms with Gasteiger partial charge in [-0.25, -0.2) is 0 Å². The molecule has 0 atom stereocenters. The summed E-state index contributed by atoms with van der Waals surface area (Å²) in [5.74, 6) is 1.39. The molecule has 1 amide bonds. The summed E-state index contributed by atoms with van der Waals surface area (Å²) in [6.45, 7) is 6.05. The molecule has 0 saturated heterocycles.